The molecule has 0 bridgehead atoms. The Morgan fingerprint density at radius 2 is 1.74 bits per heavy atom. The maximum atomic E-state index is 12.7. The van der Waals surface area contributed by atoms with E-state index in [0.717, 1.165) is 48.3 Å². The molecule has 1 saturated heterocycles. The maximum absolute atomic E-state index is 12.7. The molecule has 0 saturated carbocycles. The molecule has 0 spiro atoms. The first-order chi connectivity index (χ1) is 13.1. The van der Waals surface area contributed by atoms with Crippen molar-refractivity contribution >= 4 is 28.1 Å². The highest BCUT2D eigenvalue weighted by atomic mass is 16.6. The van der Waals surface area contributed by atoms with E-state index >= 15 is 0 Å². The highest BCUT2D eigenvalue weighted by Crippen LogP contribution is 2.22. The average molecular weight is 364 g/mol. The van der Waals surface area contributed by atoms with Crippen LogP contribution in [0.3, 0.4) is 0 Å². The molecule has 2 heterocycles. The molecule has 0 atom stereocenters. The van der Waals surface area contributed by atoms with E-state index in [0.29, 0.717) is 6.54 Å². The van der Waals surface area contributed by atoms with Gasteiger partial charge in [0.25, 0.3) is 5.69 Å². The Hall–Kier alpha value is -3.19. The highest BCUT2D eigenvalue weighted by Gasteiger charge is 2.21. The van der Waals surface area contributed by atoms with Crippen LogP contribution in [0, 0.1) is 10.1 Å². The van der Waals surface area contributed by atoms with E-state index in [9.17, 15) is 14.9 Å². The van der Waals surface area contributed by atoms with Crippen molar-refractivity contribution in [3.05, 3.63) is 70.4 Å². The monoisotopic (exact) mass is 364 g/mol. The average Bonchev–Trinajstić information content (AvgIpc) is 3.13. The molecule has 1 N–H and O–H groups in total. The fraction of sp³-hybridized carbons (Fsp3) is 0.250. The molecule has 1 aliphatic rings. The first-order valence-electron chi connectivity index (χ1n) is 8.93. The molecule has 4 rings (SSSR count). The number of anilines is 1. The SMILES string of the molecule is O=C(CN1CCN(c2ccc([N+](=O)[O-])cc2)CC1)c1c[nH]c2ccccc12. The lowest BCUT2D eigenvalue weighted by atomic mass is 10.1. The fourth-order valence-corrected chi connectivity index (χ4v) is 3.54. The molecule has 1 aromatic heterocycles. The van der Waals surface area contributed by atoms with Gasteiger partial charge in [0.2, 0.25) is 0 Å². The lowest BCUT2D eigenvalue weighted by Gasteiger charge is -2.35. The van der Waals surface area contributed by atoms with Gasteiger partial charge in [-0.3, -0.25) is 19.8 Å². The lowest BCUT2D eigenvalue weighted by molar-refractivity contribution is -0.384. The summed E-state index contributed by atoms with van der Waals surface area (Å²) in [5.74, 6) is 0.122. The standard InChI is InChI=1S/C20H20N4O3/c25-20(18-13-21-19-4-2-1-3-17(18)19)14-22-9-11-23(12-10-22)15-5-7-16(8-6-15)24(26)27/h1-8,13,21H,9-12,14H2. The topological polar surface area (TPSA) is 82.5 Å². The van der Waals surface area contributed by atoms with Crippen LogP contribution in [0.15, 0.2) is 54.7 Å². The van der Waals surface area contributed by atoms with Crippen molar-refractivity contribution < 1.29 is 9.72 Å². The number of nitro benzene ring substituents is 1. The Bertz CT molecular complexity index is 972. The third-order valence-corrected chi connectivity index (χ3v) is 5.05. The van der Waals surface area contributed by atoms with Crippen molar-refractivity contribution in [2.24, 2.45) is 0 Å². The largest absolute Gasteiger partial charge is 0.369 e. The number of Topliss-reactive ketones (excluding diaryl/α,β-unsaturated/α-hetero) is 1. The number of fused-ring (bicyclic) bond motifs is 1. The minimum absolute atomic E-state index is 0.0988. The van der Waals surface area contributed by atoms with E-state index in [1.165, 1.54) is 12.1 Å². The van der Waals surface area contributed by atoms with Gasteiger partial charge >= 0.3 is 0 Å². The van der Waals surface area contributed by atoms with Crippen molar-refractivity contribution in [3.8, 4) is 0 Å². The third kappa shape index (κ3) is 3.54. The predicted octanol–water partition coefficient (Wildman–Crippen LogP) is 3.08. The van der Waals surface area contributed by atoms with Gasteiger partial charge in [0, 0.05) is 66.7 Å². The number of ketones is 1. The molecule has 7 heteroatoms. The summed E-state index contributed by atoms with van der Waals surface area (Å²) in [5.41, 5.74) is 2.79. The van der Waals surface area contributed by atoms with Gasteiger partial charge in [-0.2, -0.15) is 0 Å². The van der Waals surface area contributed by atoms with Crippen molar-refractivity contribution in [1.82, 2.24) is 9.88 Å². The van der Waals surface area contributed by atoms with Crippen LogP contribution < -0.4 is 4.90 Å². The molecule has 0 amide bonds. The van der Waals surface area contributed by atoms with Crippen LogP contribution in [0.5, 0.6) is 0 Å². The van der Waals surface area contributed by atoms with Crippen molar-refractivity contribution in [2.75, 3.05) is 37.6 Å². The first kappa shape index (κ1) is 17.2. The number of hydrogen-bond donors (Lipinski definition) is 1. The third-order valence-electron chi connectivity index (χ3n) is 5.05. The Kier molecular flexibility index (Phi) is 4.60. The minimum Gasteiger partial charge on any atom is -0.369 e. The predicted molar refractivity (Wildman–Crippen MR) is 104 cm³/mol. The number of piperazine rings is 1. The number of aromatic amines is 1. The van der Waals surface area contributed by atoms with Gasteiger partial charge in [-0.15, -0.1) is 0 Å². The zero-order valence-electron chi connectivity index (χ0n) is 14.8. The second-order valence-corrected chi connectivity index (χ2v) is 6.71. The van der Waals surface area contributed by atoms with Gasteiger partial charge in [0.15, 0.2) is 5.78 Å². The van der Waals surface area contributed by atoms with Crippen LogP contribution in [0.2, 0.25) is 0 Å². The van der Waals surface area contributed by atoms with Gasteiger partial charge in [-0.1, -0.05) is 18.2 Å². The summed E-state index contributed by atoms with van der Waals surface area (Å²) in [5, 5.41) is 11.7. The van der Waals surface area contributed by atoms with Crippen LogP contribution in [0.25, 0.3) is 10.9 Å². The van der Waals surface area contributed by atoms with Crippen LogP contribution in [0.4, 0.5) is 11.4 Å². The van der Waals surface area contributed by atoms with Crippen molar-refractivity contribution in [2.45, 2.75) is 0 Å². The summed E-state index contributed by atoms with van der Waals surface area (Å²) in [6.45, 7) is 3.55. The summed E-state index contributed by atoms with van der Waals surface area (Å²) in [4.78, 5) is 30.6. The van der Waals surface area contributed by atoms with E-state index in [1.807, 2.05) is 24.3 Å². The lowest BCUT2D eigenvalue weighted by Crippen LogP contribution is -2.48. The fourth-order valence-electron chi connectivity index (χ4n) is 3.54. The molecule has 0 radical (unpaired) electrons. The molecule has 2 aromatic carbocycles. The quantitative estimate of drug-likeness (QED) is 0.427. The van der Waals surface area contributed by atoms with E-state index in [2.05, 4.69) is 14.8 Å². The number of aromatic nitrogens is 1. The highest BCUT2D eigenvalue weighted by molar-refractivity contribution is 6.08. The van der Waals surface area contributed by atoms with Gasteiger partial charge in [-0.25, -0.2) is 0 Å². The number of benzene rings is 2. The molecular formula is C20H20N4O3. The Balaban J connectivity index is 1.36. The number of nitrogens with one attached hydrogen (secondary N) is 1. The summed E-state index contributed by atoms with van der Waals surface area (Å²) in [6.07, 6.45) is 1.79. The number of carbonyl (C=O) groups is 1. The van der Waals surface area contributed by atoms with Gasteiger partial charge in [0.05, 0.1) is 11.5 Å². The number of H-pyrrole nitrogens is 1. The van der Waals surface area contributed by atoms with Gasteiger partial charge < -0.3 is 9.88 Å². The van der Waals surface area contributed by atoms with E-state index in [1.54, 1.807) is 18.3 Å². The summed E-state index contributed by atoms with van der Waals surface area (Å²) < 4.78 is 0. The minimum atomic E-state index is -0.391. The normalized spacial score (nSPS) is 15.2. The number of carbonyl (C=O) groups excluding carboxylic acids is 1. The Labute approximate surface area is 156 Å². The molecule has 1 fully saturated rings. The summed E-state index contributed by atoms with van der Waals surface area (Å²) in [7, 11) is 0. The van der Waals surface area contributed by atoms with Gasteiger partial charge in [0.1, 0.15) is 0 Å². The number of para-hydroxylation sites is 1. The smallest absolute Gasteiger partial charge is 0.269 e. The number of nitro groups is 1. The Morgan fingerprint density at radius 3 is 2.44 bits per heavy atom. The van der Waals surface area contributed by atoms with E-state index in [4.69, 9.17) is 0 Å². The van der Waals surface area contributed by atoms with E-state index < -0.39 is 4.92 Å². The second-order valence-electron chi connectivity index (χ2n) is 6.71. The molecule has 138 valence electrons. The van der Waals surface area contributed by atoms with E-state index in [-0.39, 0.29) is 11.5 Å². The zero-order chi connectivity index (χ0) is 18.8. The Morgan fingerprint density at radius 1 is 1.04 bits per heavy atom. The van der Waals surface area contributed by atoms with Crippen LogP contribution >= 0.6 is 0 Å². The molecule has 7 nitrogen and oxygen atoms in total. The molecule has 27 heavy (non-hydrogen) atoms. The first-order valence-corrected chi connectivity index (χ1v) is 8.93. The molecule has 0 unspecified atom stereocenters. The van der Waals surface area contributed by atoms with Crippen molar-refractivity contribution in [3.63, 3.8) is 0 Å². The number of nitrogens with zero attached hydrogens (tertiary/aromatic N) is 3. The molecule has 3 aromatic rings. The molecular weight excluding hydrogens is 344 g/mol. The van der Waals surface area contributed by atoms with Crippen LogP contribution in [-0.4, -0.2) is 53.3 Å². The van der Waals surface area contributed by atoms with Crippen molar-refractivity contribution in [1.29, 1.82) is 0 Å². The number of non-ortho nitro benzene ring substituents is 1. The van der Waals surface area contributed by atoms with Crippen LogP contribution in [0.1, 0.15) is 10.4 Å². The molecule has 0 aliphatic carbocycles. The van der Waals surface area contributed by atoms with Crippen LogP contribution in [-0.2, 0) is 0 Å². The summed E-state index contributed by atoms with van der Waals surface area (Å²) >= 11 is 0. The zero-order valence-corrected chi connectivity index (χ0v) is 14.8. The summed E-state index contributed by atoms with van der Waals surface area (Å²) in [6, 6.07) is 14.4. The maximum Gasteiger partial charge on any atom is 0.269 e. The number of hydrogen-bond acceptors (Lipinski definition) is 5. The second kappa shape index (κ2) is 7.20. The molecule has 1 aliphatic heterocycles. The number of rotatable bonds is 5. The van der Waals surface area contributed by atoms with Gasteiger partial charge in [-0.05, 0) is 18.2 Å².